The van der Waals surface area contributed by atoms with Crippen LogP contribution in [0.15, 0.2) is 24.4 Å². The van der Waals surface area contributed by atoms with Crippen molar-refractivity contribution in [3.8, 4) is 11.5 Å². The number of nitrogens with zero attached hydrogens (tertiary/aromatic N) is 1. The number of unbranched alkanes of at least 4 members (excludes halogenated alkanes) is 2. The molecule has 3 rings (SSSR count). The van der Waals surface area contributed by atoms with Gasteiger partial charge in [0.2, 0.25) is 0 Å². The molecule has 0 saturated heterocycles. The second kappa shape index (κ2) is 5.99. The molecular weight excluding hydrogens is 252 g/mol. The normalized spacial score (nSPS) is 13.4. The first-order chi connectivity index (χ1) is 9.88. The van der Waals surface area contributed by atoms with E-state index >= 15 is 0 Å². The van der Waals surface area contributed by atoms with Crippen molar-refractivity contribution < 1.29 is 9.47 Å². The molecular formula is C16H20N2O2. The van der Waals surface area contributed by atoms with Crippen LogP contribution in [-0.2, 0) is 0 Å². The number of fused-ring (bicyclic) bond motifs is 2. The molecule has 0 amide bonds. The Morgan fingerprint density at radius 1 is 1.15 bits per heavy atom. The van der Waals surface area contributed by atoms with Crippen molar-refractivity contribution in [2.75, 3.05) is 25.1 Å². The lowest BCUT2D eigenvalue weighted by Crippen LogP contribution is -2.15. The third kappa shape index (κ3) is 2.64. The molecule has 1 aromatic heterocycles. The maximum absolute atomic E-state index is 5.65. The molecule has 0 atom stereocenters. The SMILES string of the molecule is CCCCCNc1nccc2cc3c(cc12)OCCO3. The predicted molar refractivity (Wildman–Crippen MR) is 80.7 cm³/mol. The van der Waals surface area contributed by atoms with E-state index < -0.39 is 0 Å². The number of benzene rings is 1. The molecule has 0 spiro atoms. The van der Waals surface area contributed by atoms with Crippen LogP contribution < -0.4 is 14.8 Å². The summed E-state index contributed by atoms with van der Waals surface area (Å²) in [5, 5.41) is 5.64. The van der Waals surface area contributed by atoms with Gasteiger partial charge in [0.05, 0.1) is 0 Å². The zero-order valence-corrected chi connectivity index (χ0v) is 11.8. The van der Waals surface area contributed by atoms with Crippen LogP contribution in [0.1, 0.15) is 26.2 Å². The van der Waals surface area contributed by atoms with Gasteiger partial charge in [-0.05, 0) is 30.0 Å². The zero-order chi connectivity index (χ0) is 13.8. The van der Waals surface area contributed by atoms with Crippen molar-refractivity contribution in [1.29, 1.82) is 0 Å². The molecule has 20 heavy (non-hydrogen) atoms. The fourth-order valence-electron chi connectivity index (χ4n) is 2.43. The van der Waals surface area contributed by atoms with E-state index in [4.69, 9.17) is 9.47 Å². The molecule has 4 nitrogen and oxygen atoms in total. The van der Waals surface area contributed by atoms with Crippen molar-refractivity contribution in [3.05, 3.63) is 24.4 Å². The predicted octanol–water partition coefficient (Wildman–Crippen LogP) is 3.61. The Morgan fingerprint density at radius 2 is 1.95 bits per heavy atom. The van der Waals surface area contributed by atoms with Gasteiger partial charge in [-0.1, -0.05) is 19.8 Å². The first-order valence-electron chi connectivity index (χ1n) is 7.30. The van der Waals surface area contributed by atoms with Gasteiger partial charge in [-0.3, -0.25) is 0 Å². The van der Waals surface area contributed by atoms with E-state index in [9.17, 15) is 0 Å². The smallest absolute Gasteiger partial charge is 0.162 e. The Balaban J connectivity index is 1.88. The molecule has 106 valence electrons. The average Bonchev–Trinajstić information content (AvgIpc) is 2.50. The van der Waals surface area contributed by atoms with E-state index in [0.29, 0.717) is 13.2 Å². The number of hydrogen-bond donors (Lipinski definition) is 1. The van der Waals surface area contributed by atoms with E-state index in [1.807, 2.05) is 24.4 Å². The highest BCUT2D eigenvalue weighted by molar-refractivity contribution is 5.94. The Bertz CT molecular complexity index is 598. The largest absolute Gasteiger partial charge is 0.486 e. The highest BCUT2D eigenvalue weighted by Gasteiger charge is 2.14. The molecule has 1 aliphatic rings. The first-order valence-corrected chi connectivity index (χ1v) is 7.30. The van der Waals surface area contributed by atoms with Crippen LogP contribution >= 0.6 is 0 Å². The van der Waals surface area contributed by atoms with Crippen LogP contribution in [0.4, 0.5) is 5.82 Å². The molecule has 0 radical (unpaired) electrons. The van der Waals surface area contributed by atoms with Crippen LogP contribution in [0, 0.1) is 0 Å². The van der Waals surface area contributed by atoms with Crippen LogP contribution in [0.5, 0.6) is 11.5 Å². The number of rotatable bonds is 5. The standard InChI is InChI=1S/C16H20N2O2/c1-2-3-4-6-17-16-13-11-15-14(19-8-9-20-15)10-12(13)5-7-18-16/h5,7,10-11H,2-4,6,8-9H2,1H3,(H,17,18). The average molecular weight is 272 g/mol. The molecule has 0 aliphatic carbocycles. The number of anilines is 1. The molecule has 0 saturated carbocycles. The highest BCUT2D eigenvalue weighted by Crippen LogP contribution is 2.36. The molecule has 1 N–H and O–H groups in total. The fraction of sp³-hybridized carbons (Fsp3) is 0.438. The van der Waals surface area contributed by atoms with Gasteiger partial charge in [-0.2, -0.15) is 0 Å². The fourth-order valence-corrected chi connectivity index (χ4v) is 2.43. The molecule has 0 bridgehead atoms. The van der Waals surface area contributed by atoms with Crippen molar-refractivity contribution in [1.82, 2.24) is 4.98 Å². The Kier molecular flexibility index (Phi) is 3.90. The lowest BCUT2D eigenvalue weighted by molar-refractivity contribution is 0.172. The van der Waals surface area contributed by atoms with Crippen molar-refractivity contribution in [3.63, 3.8) is 0 Å². The second-order valence-corrected chi connectivity index (χ2v) is 5.01. The van der Waals surface area contributed by atoms with E-state index in [0.717, 1.165) is 34.6 Å². The number of hydrogen-bond acceptors (Lipinski definition) is 4. The van der Waals surface area contributed by atoms with Crippen molar-refractivity contribution in [2.45, 2.75) is 26.2 Å². The number of pyridine rings is 1. The monoisotopic (exact) mass is 272 g/mol. The number of ether oxygens (including phenoxy) is 2. The summed E-state index contributed by atoms with van der Waals surface area (Å²) in [7, 11) is 0. The number of nitrogens with one attached hydrogen (secondary N) is 1. The third-order valence-corrected chi connectivity index (χ3v) is 3.50. The summed E-state index contributed by atoms with van der Waals surface area (Å²) < 4.78 is 11.3. The van der Waals surface area contributed by atoms with Crippen LogP contribution in [0.3, 0.4) is 0 Å². The van der Waals surface area contributed by atoms with Crippen LogP contribution in [0.25, 0.3) is 10.8 Å². The number of aromatic nitrogens is 1. The van der Waals surface area contributed by atoms with Gasteiger partial charge in [0.25, 0.3) is 0 Å². The Hall–Kier alpha value is -1.97. The summed E-state index contributed by atoms with van der Waals surface area (Å²) in [6.45, 7) is 4.39. The van der Waals surface area contributed by atoms with E-state index in [2.05, 4.69) is 17.2 Å². The van der Waals surface area contributed by atoms with Crippen molar-refractivity contribution in [2.24, 2.45) is 0 Å². The molecule has 4 heteroatoms. The Morgan fingerprint density at radius 3 is 2.75 bits per heavy atom. The Labute approximate surface area is 119 Å². The second-order valence-electron chi connectivity index (χ2n) is 5.01. The van der Waals surface area contributed by atoms with E-state index in [1.165, 1.54) is 19.3 Å². The molecule has 0 unspecified atom stereocenters. The topological polar surface area (TPSA) is 43.4 Å². The lowest BCUT2D eigenvalue weighted by Gasteiger charge is -2.19. The summed E-state index contributed by atoms with van der Waals surface area (Å²) in [5.74, 6) is 2.57. The minimum Gasteiger partial charge on any atom is -0.486 e. The van der Waals surface area contributed by atoms with Crippen LogP contribution in [0.2, 0.25) is 0 Å². The van der Waals surface area contributed by atoms with Gasteiger partial charge >= 0.3 is 0 Å². The lowest BCUT2D eigenvalue weighted by atomic mass is 10.1. The minimum atomic E-state index is 0.609. The van der Waals surface area contributed by atoms with Crippen LogP contribution in [-0.4, -0.2) is 24.7 Å². The third-order valence-electron chi connectivity index (χ3n) is 3.50. The van der Waals surface area contributed by atoms with Crippen molar-refractivity contribution >= 4 is 16.6 Å². The zero-order valence-electron chi connectivity index (χ0n) is 11.8. The summed E-state index contributed by atoms with van der Waals surface area (Å²) >= 11 is 0. The highest BCUT2D eigenvalue weighted by atomic mass is 16.6. The maximum Gasteiger partial charge on any atom is 0.162 e. The molecule has 0 fully saturated rings. The van der Waals surface area contributed by atoms with Gasteiger partial charge in [0.1, 0.15) is 19.0 Å². The van der Waals surface area contributed by atoms with Gasteiger partial charge < -0.3 is 14.8 Å². The van der Waals surface area contributed by atoms with Gasteiger partial charge in [-0.15, -0.1) is 0 Å². The minimum absolute atomic E-state index is 0.609. The van der Waals surface area contributed by atoms with E-state index in [1.54, 1.807) is 0 Å². The molecule has 1 aliphatic heterocycles. The first kappa shape index (κ1) is 13.0. The van der Waals surface area contributed by atoms with E-state index in [-0.39, 0.29) is 0 Å². The quantitative estimate of drug-likeness (QED) is 0.844. The molecule has 2 aromatic rings. The molecule has 1 aromatic carbocycles. The van der Waals surface area contributed by atoms with Gasteiger partial charge in [0, 0.05) is 18.1 Å². The van der Waals surface area contributed by atoms with Gasteiger partial charge in [0.15, 0.2) is 11.5 Å². The molecule has 2 heterocycles. The van der Waals surface area contributed by atoms with Gasteiger partial charge in [-0.25, -0.2) is 4.98 Å². The maximum atomic E-state index is 5.65. The summed E-state index contributed by atoms with van der Waals surface area (Å²) in [4.78, 5) is 4.45. The summed E-state index contributed by atoms with van der Waals surface area (Å²) in [5.41, 5.74) is 0. The summed E-state index contributed by atoms with van der Waals surface area (Å²) in [6.07, 6.45) is 5.47. The summed E-state index contributed by atoms with van der Waals surface area (Å²) in [6, 6.07) is 6.06.